The quantitative estimate of drug-likeness (QED) is 0.0373. The topological polar surface area (TPSA) is 102 Å². The third-order valence-corrected chi connectivity index (χ3v) is 10.8. The molecule has 0 fully saturated rings. The molecular weight excluding hydrogens is 679 g/mol. The van der Waals surface area contributed by atoms with Crippen molar-refractivity contribution < 1.29 is 33.7 Å². The van der Waals surface area contributed by atoms with Crippen molar-refractivity contribution in [1.29, 1.82) is 0 Å². The largest absolute Gasteiger partial charge is 0.462 e. The Labute approximate surface area is 334 Å². The highest BCUT2D eigenvalue weighted by molar-refractivity contribution is 5.73. The summed E-state index contributed by atoms with van der Waals surface area (Å²) in [7, 11) is 1.95. The van der Waals surface area contributed by atoms with Gasteiger partial charge in [-0.05, 0) is 52.1 Å². The van der Waals surface area contributed by atoms with Gasteiger partial charge in [-0.3, -0.25) is 14.4 Å². The van der Waals surface area contributed by atoms with Gasteiger partial charge >= 0.3 is 17.9 Å². The number of carbonyl (C=O) groups is 3. The lowest BCUT2D eigenvalue weighted by Gasteiger charge is -2.23. The molecule has 0 aliphatic carbocycles. The molecule has 3 unspecified atom stereocenters. The predicted octanol–water partition coefficient (Wildman–Crippen LogP) is 11.9. The first-order valence-electron chi connectivity index (χ1n) is 23.1. The molecule has 0 saturated carbocycles. The van der Waals surface area contributed by atoms with Gasteiger partial charge in [0.15, 0.2) is 6.10 Å². The van der Waals surface area contributed by atoms with E-state index in [1.165, 1.54) is 77.0 Å². The number of hydrogen-bond acceptors (Lipinski definition) is 8. The molecule has 0 spiro atoms. The molecule has 320 valence electrons. The van der Waals surface area contributed by atoms with Gasteiger partial charge in [-0.15, -0.1) is 0 Å². The van der Waals surface area contributed by atoms with Crippen LogP contribution in [0.5, 0.6) is 0 Å². The normalized spacial score (nSPS) is 13.2. The van der Waals surface area contributed by atoms with Gasteiger partial charge in [0, 0.05) is 13.0 Å². The summed E-state index contributed by atoms with van der Waals surface area (Å²) in [5.41, 5.74) is 0. The van der Waals surface area contributed by atoms with Crippen molar-refractivity contribution in [3.05, 3.63) is 0 Å². The Balaban J connectivity index is 5.50. The van der Waals surface area contributed by atoms with E-state index < -0.39 is 6.10 Å². The van der Waals surface area contributed by atoms with Crippen LogP contribution in [-0.4, -0.2) is 74.0 Å². The summed E-state index contributed by atoms with van der Waals surface area (Å²) in [6.45, 7) is 10.2. The summed E-state index contributed by atoms with van der Waals surface area (Å²) in [5, 5.41) is 9.13. The average Bonchev–Trinajstić information content (AvgIpc) is 3.16. The minimum atomic E-state index is -0.822. The molecule has 0 rings (SSSR count). The van der Waals surface area contributed by atoms with Gasteiger partial charge in [-0.1, -0.05) is 175 Å². The summed E-state index contributed by atoms with van der Waals surface area (Å²) in [4.78, 5) is 42.1. The van der Waals surface area contributed by atoms with E-state index in [9.17, 15) is 14.4 Å². The Kier molecular flexibility index (Phi) is 38.3. The Morgan fingerprint density at radius 2 is 0.870 bits per heavy atom. The molecule has 0 aromatic heterocycles. The van der Waals surface area contributed by atoms with E-state index in [2.05, 4.69) is 27.7 Å². The summed E-state index contributed by atoms with van der Waals surface area (Å²) < 4.78 is 17.7. The molecule has 54 heavy (non-hydrogen) atoms. The zero-order valence-corrected chi connectivity index (χ0v) is 36.3. The van der Waals surface area contributed by atoms with Crippen LogP contribution in [0, 0.1) is 11.8 Å². The molecule has 0 bridgehead atoms. The smallest absolute Gasteiger partial charge is 0.309 e. The first kappa shape index (κ1) is 52.3. The molecule has 0 heterocycles. The minimum absolute atomic E-state index is 0.0906. The molecule has 0 saturated heterocycles. The third kappa shape index (κ3) is 32.6. The van der Waals surface area contributed by atoms with Gasteiger partial charge in [0.2, 0.25) is 0 Å². The highest BCUT2D eigenvalue weighted by Crippen LogP contribution is 2.23. The van der Waals surface area contributed by atoms with Gasteiger partial charge in [-0.2, -0.15) is 0 Å². The average molecular weight is 768 g/mol. The van der Waals surface area contributed by atoms with Crippen molar-refractivity contribution in [2.75, 3.05) is 40.0 Å². The molecule has 0 aromatic carbocycles. The number of unbranched alkanes of at least 4 members (excludes halogenated alkanes) is 20. The zero-order chi connectivity index (χ0) is 39.9. The molecule has 8 heteroatoms. The van der Waals surface area contributed by atoms with E-state index in [1.807, 2.05) is 11.9 Å². The second-order valence-electron chi connectivity index (χ2n) is 16.1. The van der Waals surface area contributed by atoms with Crippen molar-refractivity contribution in [2.45, 2.75) is 226 Å². The van der Waals surface area contributed by atoms with E-state index in [0.29, 0.717) is 13.0 Å². The summed E-state index contributed by atoms with van der Waals surface area (Å²) in [5.74, 6) is -1.16. The molecule has 1 N–H and O–H groups in total. The van der Waals surface area contributed by atoms with E-state index >= 15 is 0 Å². The number of ether oxygens (including phenoxy) is 3. The standard InChI is InChI=1S/C46H89NO7/c1-6-10-14-18-20-22-24-27-32-41(31-25-16-12-8-3)45(50)53-40-43(39-52-44(49)35-29-30-36-47(5)37-38-48)54-46(51)42(33-26-17-13-9-4)34-28-23-21-19-15-11-7-2/h41-43,48H,6-40H2,1-5H3. The van der Waals surface area contributed by atoms with Crippen LogP contribution in [-0.2, 0) is 28.6 Å². The fourth-order valence-corrected chi connectivity index (χ4v) is 7.13. The van der Waals surface area contributed by atoms with E-state index in [0.717, 1.165) is 109 Å². The van der Waals surface area contributed by atoms with Crippen molar-refractivity contribution in [3.8, 4) is 0 Å². The highest BCUT2D eigenvalue weighted by Gasteiger charge is 2.27. The lowest BCUT2D eigenvalue weighted by Crippen LogP contribution is -2.34. The third-order valence-electron chi connectivity index (χ3n) is 10.8. The van der Waals surface area contributed by atoms with Crippen LogP contribution in [0.15, 0.2) is 0 Å². The number of nitrogens with zero attached hydrogens (tertiary/aromatic N) is 1. The van der Waals surface area contributed by atoms with Crippen molar-refractivity contribution in [1.82, 2.24) is 4.90 Å². The number of esters is 3. The molecule has 3 atom stereocenters. The van der Waals surface area contributed by atoms with Crippen LogP contribution < -0.4 is 0 Å². The summed E-state index contributed by atoms with van der Waals surface area (Å²) in [6, 6.07) is 0. The molecule has 0 aliphatic heterocycles. The predicted molar refractivity (Wildman–Crippen MR) is 225 cm³/mol. The maximum absolute atomic E-state index is 13.7. The summed E-state index contributed by atoms with van der Waals surface area (Å²) >= 11 is 0. The maximum atomic E-state index is 13.7. The Bertz CT molecular complexity index is 853. The Morgan fingerprint density at radius 1 is 0.481 bits per heavy atom. The second kappa shape index (κ2) is 39.6. The number of likely N-dealkylation sites (N-methyl/N-ethyl adjacent to an activating group) is 1. The van der Waals surface area contributed by atoms with Gasteiger partial charge in [-0.25, -0.2) is 0 Å². The van der Waals surface area contributed by atoms with Gasteiger partial charge in [0.25, 0.3) is 0 Å². The van der Waals surface area contributed by atoms with Gasteiger partial charge < -0.3 is 24.2 Å². The second-order valence-corrected chi connectivity index (χ2v) is 16.1. The number of aliphatic hydroxyl groups is 1. The Hall–Kier alpha value is -1.67. The zero-order valence-electron chi connectivity index (χ0n) is 36.3. The minimum Gasteiger partial charge on any atom is -0.462 e. The lowest BCUT2D eigenvalue weighted by molar-refractivity contribution is -0.171. The van der Waals surface area contributed by atoms with Crippen molar-refractivity contribution in [3.63, 3.8) is 0 Å². The van der Waals surface area contributed by atoms with Gasteiger partial charge in [0.05, 0.1) is 18.4 Å². The molecular formula is C46H89NO7. The van der Waals surface area contributed by atoms with E-state index in [-0.39, 0.29) is 56.0 Å². The van der Waals surface area contributed by atoms with Crippen molar-refractivity contribution in [2.24, 2.45) is 11.8 Å². The van der Waals surface area contributed by atoms with Crippen LogP contribution in [0.2, 0.25) is 0 Å². The fraction of sp³-hybridized carbons (Fsp3) is 0.935. The number of carbonyl (C=O) groups excluding carboxylic acids is 3. The lowest BCUT2D eigenvalue weighted by atomic mass is 9.94. The van der Waals surface area contributed by atoms with Crippen LogP contribution in [0.4, 0.5) is 0 Å². The SMILES string of the molecule is CCCCCCCCCCC(CCCCCC)C(=O)OCC(COC(=O)CCCCN(C)CCO)OC(=O)C(CCCCCC)CCCCCCCCC. The maximum Gasteiger partial charge on any atom is 0.309 e. The number of rotatable bonds is 41. The molecule has 0 aliphatic rings. The van der Waals surface area contributed by atoms with E-state index in [4.69, 9.17) is 19.3 Å². The number of aliphatic hydroxyl groups excluding tert-OH is 1. The monoisotopic (exact) mass is 768 g/mol. The van der Waals surface area contributed by atoms with Crippen LogP contribution in [0.3, 0.4) is 0 Å². The highest BCUT2D eigenvalue weighted by atomic mass is 16.6. The van der Waals surface area contributed by atoms with E-state index in [1.54, 1.807) is 0 Å². The number of hydrogen-bond donors (Lipinski definition) is 1. The van der Waals surface area contributed by atoms with Crippen LogP contribution in [0.1, 0.15) is 220 Å². The van der Waals surface area contributed by atoms with Crippen LogP contribution in [0.25, 0.3) is 0 Å². The first-order chi connectivity index (χ1) is 26.3. The molecule has 8 nitrogen and oxygen atoms in total. The molecule has 0 aromatic rings. The van der Waals surface area contributed by atoms with Gasteiger partial charge in [0.1, 0.15) is 13.2 Å². The molecule has 0 radical (unpaired) electrons. The molecule has 0 amide bonds. The fourth-order valence-electron chi connectivity index (χ4n) is 7.13. The first-order valence-corrected chi connectivity index (χ1v) is 23.1. The van der Waals surface area contributed by atoms with Crippen molar-refractivity contribution >= 4 is 17.9 Å². The Morgan fingerprint density at radius 3 is 1.31 bits per heavy atom. The van der Waals surface area contributed by atoms with Crippen LogP contribution >= 0.6 is 0 Å². The summed E-state index contributed by atoms with van der Waals surface area (Å²) in [6.07, 6.45) is 31.2.